The van der Waals surface area contributed by atoms with Crippen LogP contribution in [0.2, 0.25) is 0 Å². The van der Waals surface area contributed by atoms with Gasteiger partial charge in [0.05, 0.1) is 20.0 Å². The number of hydrogen-bond donors (Lipinski definition) is 1. The molecule has 0 aliphatic carbocycles. The topological polar surface area (TPSA) is 98.6 Å². The summed E-state index contributed by atoms with van der Waals surface area (Å²) in [6.45, 7) is 1.86. The number of ether oxygens (including phenoxy) is 2. The van der Waals surface area contributed by atoms with E-state index >= 15 is 0 Å². The molecule has 0 fully saturated rings. The number of carbonyl (C=O) groups is 2. The Morgan fingerprint density at radius 2 is 1.74 bits per heavy atom. The van der Waals surface area contributed by atoms with Crippen LogP contribution in [0.3, 0.4) is 0 Å². The number of carbonyl (C=O) groups excluding carboxylic acids is 2. The van der Waals surface area contributed by atoms with Gasteiger partial charge in [0.15, 0.2) is 5.16 Å². The fourth-order valence-corrected chi connectivity index (χ4v) is 3.60. The van der Waals surface area contributed by atoms with Crippen LogP contribution in [0.15, 0.2) is 53.7 Å². The van der Waals surface area contributed by atoms with E-state index in [2.05, 4.69) is 20.3 Å². The first kappa shape index (κ1) is 22.2. The Morgan fingerprint density at radius 1 is 1.06 bits per heavy atom. The van der Waals surface area contributed by atoms with Crippen LogP contribution < -0.4 is 15.0 Å². The van der Waals surface area contributed by atoms with Gasteiger partial charge in [0.2, 0.25) is 5.91 Å². The van der Waals surface area contributed by atoms with Crippen LogP contribution in [0.4, 0.5) is 16.2 Å². The Bertz CT molecular complexity index is 1050. The monoisotopic (exact) mass is 441 g/mol. The molecule has 0 atom stereocenters. The second kappa shape index (κ2) is 9.98. The minimum Gasteiger partial charge on any atom is -0.497 e. The second-order valence-corrected chi connectivity index (χ2v) is 7.42. The normalized spacial score (nSPS) is 10.5. The molecule has 0 aliphatic heterocycles. The van der Waals surface area contributed by atoms with E-state index in [1.54, 1.807) is 38.4 Å². The molecule has 1 aromatic heterocycles. The molecule has 0 unspecified atom stereocenters. The van der Waals surface area contributed by atoms with Crippen molar-refractivity contribution in [1.82, 2.24) is 14.8 Å². The second-order valence-electron chi connectivity index (χ2n) is 6.48. The molecule has 1 N–H and O–H groups in total. The van der Waals surface area contributed by atoms with Crippen molar-refractivity contribution in [3.8, 4) is 11.4 Å². The minimum absolute atomic E-state index is 0.165. The maximum atomic E-state index is 12.4. The van der Waals surface area contributed by atoms with E-state index in [-0.39, 0.29) is 11.7 Å². The van der Waals surface area contributed by atoms with Gasteiger partial charge in [0.25, 0.3) is 0 Å². The van der Waals surface area contributed by atoms with Crippen molar-refractivity contribution in [2.24, 2.45) is 0 Å². The van der Waals surface area contributed by atoms with Gasteiger partial charge >= 0.3 is 6.09 Å². The van der Waals surface area contributed by atoms with E-state index in [9.17, 15) is 9.59 Å². The molecule has 162 valence electrons. The zero-order chi connectivity index (χ0) is 22.4. The highest BCUT2D eigenvalue weighted by Crippen LogP contribution is 2.24. The molecule has 1 heterocycles. The van der Waals surface area contributed by atoms with E-state index in [4.69, 9.17) is 4.74 Å². The zero-order valence-electron chi connectivity index (χ0n) is 17.7. The molecular formula is C21H23N5O4S. The summed E-state index contributed by atoms with van der Waals surface area (Å²) in [5.41, 5.74) is 2.17. The summed E-state index contributed by atoms with van der Waals surface area (Å²) in [7, 11) is 4.54. The number of hydrogen-bond acceptors (Lipinski definition) is 7. The molecule has 9 nitrogen and oxygen atoms in total. The van der Waals surface area contributed by atoms with Crippen molar-refractivity contribution in [3.05, 3.63) is 54.4 Å². The summed E-state index contributed by atoms with van der Waals surface area (Å²) in [6.07, 6.45) is -0.468. The Labute approximate surface area is 184 Å². The summed E-state index contributed by atoms with van der Waals surface area (Å²) in [5, 5.41) is 11.8. The average molecular weight is 442 g/mol. The standard InChI is InChI=1S/C21H23N5O4S/c1-14-23-24-20(26(14)17-9-11-18(29-3)12-10-17)31-13-19(27)22-15-5-7-16(8-6-15)25(2)21(28)30-4/h5-12H,13H2,1-4H3,(H,22,27). The maximum Gasteiger partial charge on any atom is 0.413 e. The van der Waals surface area contributed by atoms with Crippen molar-refractivity contribution >= 4 is 35.1 Å². The smallest absolute Gasteiger partial charge is 0.413 e. The summed E-state index contributed by atoms with van der Waals surface area (Å²) in [5.74, 6) is 1.46. The number of aryl methyl sites for hydroxylation is 1. The number of nitrogens with one attached hydrogen (secondary N) is 1. The van der Waals surface area contributed by atoms with Crippen LogP contribution in [0.1, 0.15) is 5.82 Å². The lowest BCUT2D eigenvalue weighted by Gasteiger charge is -2.16. The number of anilines is 2. The Hall–Kier alpha value is -3.53. The molecule has 3 rings (SSSR count). The van der Waals surface area contributed by atoms with Gasteiger partial charge < -0.3 is 14.8 Å². The highest BCUT2D eigenvalue weighted by Gasteiger charge is 2.14. The van der Waals surface area contributed by atoms with Crippen LogP contribution in [0.5, 0.6) is 5.75 Å². The third-order valence-corrected chi connectivity index (χ3v) is 5.37. The van der Waals surface area contributed by atoms with Crippen molar-refractivity contribution < 1.29 is 19.1 Å². The lowest BCUT2D eigenvalue weighted by molar-refractivity contribution is -0.113. The van der Waals surface area contributed by atoms with E-state index in [0.717, 1.165) is 17.3 Å². The van der Waals surface area contributed by atoms with Crippen molar-refractivity contribution in [2.45, 2.75) is 12.1 Å². The number of nitrogens with zero attached hydrogens (tertiary/aromatic N) is 4. The molecule has 2 aromatic carbocycles. The van der Waals surface area contributed by atoms with Crippen LogP contribution in [-0.2, 0) is 9.53 Å². The lowest BCUT2D eigenvalue weighted by atomic mass is 10.2. The number of methoxy groups -OCH3 is 2. The van der Waals surface area contributed by atoms with E-state index in [1.165, 1.54) is 23.8 Å². The molecule has 31 heavy (non-hydrogen) atoms. The summed E-state index contributed by atoms with van der Waals surface area (Å²) in [4.78, 5) is 25.3. The summed E-state index contributed by atoms with van der Waals surface area (Å²) < 4.78 is 11.8. The molecule has 0 spiro atoms. The molecule has 3 aromatic rings. The van der Waals surface area contributed by atoms with Gasteiger partial charge in [-0.1, -0.05) is 11.8 Å². The Morgan fingerprint density at radius 3 is 2.35 bits per heavy atom. The van der Waals surface area contributed by atoms with Gasteiger partial charge in [0.1, 0.15) is 11.6 Å². The number of rotatable bonds is 7. The predicted molar refractivity (Wildman–Crippen MR) is 119 cm³/mol. The van der Waals surface area contributed by atoms with E-state index in [1.807, 2.05) is 35.8 Å². The zero-order valence-corrected chi connectivity index (χ0v) is 18.5. The van der Waals surface area contributed by atoms with Gasteiger partial charge in [-0.3, -0.25) is 14.3 Å². The molecule has 0 aliphatic rings. The molecule has 10 heteroatoms. The first-order valence-corrected chi connectivity index (χ1v) is 10.3. The van der Waals surface area contributed by atoms with Gasteiger partial charge in [-0.05, 0) is 55.5 Å². The van der Waals surface area contributed by atoms with Crippen molar-refractivity contribution in [2.75, 3.05) is 37.2 Å². The van der Waals surface area contributed by atoms with E-state index < -0.39 is 6.09 Å². The van der Waals surface area contributed by atoms with E-state index in [0.29, 0.717) is 16.5 Å². The average Bonchev–Trinajstić information content (AvgIpc) is 3.17. The first-order valence-electron chi connectivity index (χ1n) is 9.33. The van der Waals surface area contributed by atoms with Gasteiger partial charge in [-0.15, -0.1) is 10.2 Å². The molecule has 2 amide bonds. The summed E-state index contributed by atoms with van der Waals surface area (Å²) >= 11 is 1.29. The highest BCUT2D eigenvalue weighted by molar-refractivity contribution is 7.99. The number of amides is 2. The number of benzene rings is 2. The van der Waals surface area contributed by atoms with Crippen LogP contribution in [0, 0.1) is 6.92 Å². The van der Waals surface area contributed by atoms with Gasteiger partial charge in [-0.2, -0.15) is 0 Å². The number of aromatic nitrogens is 3. The van der Waals surface area contributed by atoms with Crippen LogP contribution >= 0.6 is 11.8 Å². The number of thioether (sulfide) groups is 1. The molecule has 0 saturated heterocycles. The van der Waals surface area contributed by atoms with Crippen molar-refractivity contribution in [1.29, 1.82) is 0 Å². The third-order valence-electron chi connectivity index (χ3n) is 4.44. The van der Waals surface area contributed by atoms with Crippen molar-refractivity contribution in [3.63, 3.8) is 0 Å². The van der Waals surface area contributed by atoms with Crippen LogP contribution in [0.25, 0.3) is 5.69 Å². The SMILES string of the molecule is COC(=O)N(C)c1ccc(NC(=O)CSc2nnc(C)n2-c2ccc(OC)cc2)cc1. The maximum absolute atomic E-state index is 12.4. The minimum atomic E-state index is -0.468. The molecule has 0 bridgehead atoms. The largest absolute Gasteiger partial charge is 0.497 e. The molecule has 0 saturated carbocycles. The first-order chi connectivity index (χ1) is 14.9. The molecule has 0 radical (unpaired) electrons. The Kier molecular flexibility index (Phi) is 7.14. The predicted octanol–water partition coefficient (Wildman–Crippen LogP) is 3.52. The quantitative estimate of drug-likeness (QED) is 0.560. The molecular weight excluding hydrogens is 418 g/mol. The van der Waals surface area contributed by atoms with Gasteiger partial charge in [0, 0.05) is 24.1 Å². The fraction of sp³-hybridized carbons (Fsp3) is 0.238. The highest BCUT2D eigenvalue weighted by atomic mass is 32.2. The summed E-state index contributed by atoms with van der Waals surface area (Å²) in [6, 6.07) is 14.4. The lowest BCUT2D eigenvalue weighted by Crippen LogP contribution is -2.25. The Balaban J connectivity index is 1.62. The van der Waals surface area contributed by atoms with Crippen LogP contribution in [-0.4, -0.2) is 53.8 Å². The fourth-order valence-electron chi connectivity index (χ4n) is 2.80. The third kappa shape index (κ3) is 5.34. The van der Waals surface area contributed by atoms with Gasteiger partial charge in [-0.25, -0.2) is 4.79 Å².